The zero-order chi connectivity index (χ0) is 13.6. The maximum atomic E-state index is 13.8. The molecule has 0 aromatic heterocycles. The number of hydrogen-bond acceptors (Lipinski definition) is 1. The molecule has 19 heavy (non-hydrogen) atoms. The number of fused-ring (bicyclic) bond motifs is 1. The van der Waals surface area contributed by atoms with Gasteiger partial charge in [0.05, 0.1) is 5.56 Å². The number of hydrogen-bond donors (Lipinski definition) is 0. The van der Waals surface area contributed by atoms with E-state index in [-0.39, 0.29) is 17.2 Å². The molecule has 1 nitrogen and oxygen atoms in total. The van der Waals surface area contributed by atoms with E-state index in [1.54, 1.807) is 0 Å². The van der Waals surface area contributed by atoms with E-state index < -0.39 is 17.5 Å². The second kappa shape index (κ2) is 4.30. The van der Waals surface area contributed by atoms with Crippen LogP contribution in [0, 0.1) is 24.4 Å². The number of rotatable bonds is 1. The predicted molar refractivity (Wildman–Crippen MR) is 65.2 cm³/mol. The van der Waals surface area contributed by atoms with Gasteiger partial charge in [0.2, 0.25) is 0 Å². The summed E-state index contributed by atoms with van der Waals surface area (Å²) in [6.45, 7) is 3.73. The molecule has 97 valence electrons. The highest BCUT2D eigenvalue weighted by atomic mass is 19.1. The van der Waals surface area contributed by atoms with E-state index in [0.717, 1.165) is 18.2 Å². The lowest BCUT2D eigenvalue weighted by molar-refractivity contribution is 0.281. The third-order valence-corrected chi connectivity index (χ3v) is 3.09. The molecule has 0 N–H and O–H groups in total. The molecule has 4 heteroatoms. The molecule has 0 spiro atoms. The normalized spacial score (nSPS) is 17.2. The summed E-state index contributed by atoms with van der Waals surface area (Å²) < 4.78 is 46.6. The molecule has 2 aromatic rings. The van der Waals surface area contributed by atoms with Crippen LogP contribution in [0.1, 0.15) is 5.56 Å². The zero-order valence-electron chi connectivity index (χ0n) is 9.92. The van der Waals surface area contributed by atoms with Crippen molar-refractivity contribution in [2.24, 2.45) is 0 Å². The van der Waals surface area contributed by atoms with Crippen LogP contribution in [0.25, 0.3) is 11.1 Å². The summed E-state index contributed by atoms with van der Waals surface area (Å²) >= 11 is 0. The zero-order valence-corrected chi connectivity index (χ0v) is 9.92. The minimum atomic E-state index is -0.746. The van der Waals surface area contributed by atoms with Crippen molar-refractivity contribution in [1.29, 1.82) is 0 Å². The van der Waals surface area contributed by atoms with Crippen molar-refractivity contribution in [3.8, 4) is 16.9 Å². The first-order chi connectivity index (χ1) is 9.06. The SMILES string of the molecule is [CH2]C1Cc2cc(F)cc(-c3c(F)cccc3F)c2O1. The smallest absolute Gasteiger partial charge is 0.134 e. The summed E-state index contributed by atoms with van der Waals surface area (Å²) in [4.78, 5) is 0. The fourth-order valence-electron chi connectivity index (χ4n) is 2.34. The average Bonchev–Trinajstić information content (AvgIpc) is 2.69. The van der Waals surface area contributed by atoms with Crippen LogP contribution in [0.4, 0.5) is 13.2 Å². The third kappa shape index (κ3) is 1.97. The molecule has 1 atom stereocenters. The van der Waals surface area contributed by atoms with Crippen molar-refractivity contribution in [2.75, 3.05) is 0 Å². The van der Waals surface area contributed by atoms with Gasteiger partial charge in [0.1, 0.15) is 29.3 Å². The molecule has 1 radical (unpaired) electrons. The maximum Gasteiger partial charge on any atom is 0.134 e. The van der Waals surface area contributed by atoms with Crippen LogP contribution in [0.3, 0.4) is 0 Å². The average molecular weight is 263 g/mol. The molecular formula is C15H10F3O. The Morgan fingerprint density at radius 1 is 1.11 bits per heavy atom. The Bertz CT molecular complexity index is 632. The summed E-state index contributed by atoms with van der Waals surface area (Å²) in [5.74, 6) is -1.73. The van der Waals surface area contributed by atoms with Gasteiger partial charge in [0, 0.05) is 17.5 Å². The number of halogens is 3. The first kappa shape index (κ1) is 12.1. The molecule has 1 heterocycles. The molecule has 0 aliphatic carbocycles. The Morgan fingerprint density at radius 2 is 1.79 bits per heavy atom. The Labute approximate surface area is 108 Å². The third-order valence-electron chi connectivity index (χ3n) is 3.09. The molecule has 0 saturated heterocycles. The van der Waals surface area contributed by atoms with Crippen LogP contribution >= 0.6 is 0 Å². The Balaban J connectivity index is 2.27. The van der Waals surface area contributed by atoms with E-state index in [0.29, 0.717) is 17.7 Å². The van der Waals surface area contributed by atoms with E-state index in [9.17, 15) is 13.2 Å². The van der Waals surface area contributed by atoms with Crippen LogP contribution in [0.5, 0.6) is 5.75 Å². The molecule has 0 saturated carbocycles. The summed E-state index contributed by atoms with van der Waals surface area (Å²) in [7, 11) is 0. The largest absolute Gasteiger partial charge is 0.489 e. The van der Waals surface area contributed by atoms with Crippen LogP contribution < -0.4 is 4.74 Å². The first-order valence-corrected chi connectivity index (χ1v) is 5.83. The van der Waals surface area contributed by atoms with Crippen LogP contribution in [-0.2, 0) is 6.42 Å². The molecule has 1 unspecified atom stereocenters. The van der Waals surface area contributed by atoms with E-state index >= 15 is 0 Å². The van der Waals surface area contributed by atoms with Crippen molar-refractivity contribution in [2.45, 2.75) is 12.5 Å². The quantitative estimate of drug-likeness (QED) is 0.758. The molecule has 2 aromatic carbocycles. The van der Waals surface area contributed by atoms with Gasteiger partial charge >= 0.3 is 0 Å². The molecule has 1 aliphatic heterocycles. The van der Waals surface area contributed by atoms with Crippen molar-refractivity contribution in [3.05, 3.63) is 60.3 Å². The van der Waals surface area contributed by atoms with Crippen molar-refractivity contribution in [3.63, 3.8) is 0 Å². The summed E-state index contributed by atoms with van der Waals surface area (Å²) in [5.41, 5.74) is 0.404. The van der Waals surface area contributed by atoms with E-state index in [4.69, 9.17) is 4.74 Å². The van der Waals surface area contributed by atoms with Gasteiger partial charge in [-0.15, -0.1) is 0 Å². The molecular weight excluding hydrogens is 253 g/mol. The van der Waals surface area contributed by atoms with Crippen LogP contribution in [0.2, 0.25) is 0 Å². The van der Waals surface area contributed by atoms with Crippen molar-refractivity contribution >= 4 is 0 Å². The minimum absolute atomic E-state index is 0.0942. The Morgan fingerprint density at radius 3 is 2.47 bits per heavy atom. The molecule has 0 bridgehead atoms. The monoisotopic (exact) mass is 263 g/mol. The first-order valence-electron chi connectivity index (χ1n) is 5.83. The Kier molecular flexibility index (Phi) is 2.73. The lowest BCUT2D eigenvalue weighted by Gasteiger charge is -2.11. The highest BCUT2D eigenvalue weighted by molar-refractivity contribution is 5.74. The summed E-state index contributed by atoms with van der Waals surface area (Å²) in [6, 6.07) is 5.92. The van der Waals surface area contributed by atoms with Crippen LogP contribution in [-0.4, -0.2) is 6.10 Å². The van der Waals surface area contributed by atoms with Crippen molar-refractivity contribution in [1.82, 2.24) is 0 Å². The minimum Gasteiger partial charge on any atom is -0.489 e. The fraction of sp³-hybridized carbons (Fsp3) is 0.133. The second-order valence-corrected chi connectivity index (χ2v) is 4.48. The maximum absolute atomic E-state index is 13.8. The lowest BCUT2D eigenvalue weighted by atomic mass is 9.99. The summed E-state index contributed by atoms with van der Waals surface area (Å²) in [6.07, 6.45) is 0.0567. The summed E-state index contributed by atoms with van der Waals surface area (Å²) in [5, 5.41) is 0. The van der Waals surface area contributed by atoms with Gasteiger partial charge in [0.15, 0.2) is 0 Å². The van der Waals surface area contributed by atoms with Gasteiger partial charge in [-0.25, -0.2) is 13.2 Å². The fourth-order valence-corrected chi connectivity index (χ4v) is 2.34. The number of benzene rings is 2. The standard InChI is InChI=1S/C15H10F3O/c1-8-5-9-6-10(16)7-11(15(9)19-8)14-12(17)3-2-4-13(14)18/h2-4,6-8H,1,5H2. The molecule has 0 amide bonds. The van der Waals surface area contributed by atoms with E-state index in [2.05, 4.69) is 6.92 Å². The van der Waals surface area contributed by atoms with Gasteiger partial charge in [-0.1, -0.05) is 6.07 Å². The molecule has 3 rings (SSSR count). The topological polar surface area (TPSA) is 9.23 Å². The molecule has 0 fully saturated rings. The second-order valence-electron chi connectivity index (χ2n) is 4.48. The van der Waals surface area contributed by atoms with Gasteiger partial charge in [0.25, 0.3) is 0 Å². The van der Waals surface area contributed by atoms with Gasteiger partial charge in [-0.3, -0.25) is 0 Å². The van der Waals surface area contributed by atoms with Crippen LogP contribution in [0.15, 0.2) is 30.3 Å². The van der Waals surface area contributed by atoms with Gasteiger partial charge in [-0.05, 0) is 31.2 Å². The van der Waals surface area contributed by atoms with Crippen molar-refractivity contribution < 1.29 is 17.9 Å². The number of ether oxygens (including phenoxy) is 1. The molecule has 1 aliphatic rings. The predicted octanol–water partition coefficient (Wildman–Crippen LogP) is 3.91. The van der Waals surface area contributed by atoms with Gasteiger partial charge in [-0.2, -0.15) is 0 Å². The highest BCUT2D eigenvalue weighted by Crippen LogP contribution is 2.41. The lowest BCUT2D eigenvalue weighted by Crippen LogP contribution is -2.06. The van der Waals surface area contributed by atoms with Gasteiger partial charge < -0.3 is 4.74 Å². The Hall–Kier alpha value is -1.97. The van der Waals surface area contributed by atoms with E-state index in [1.807, 2.05) is 0 Å². The highest BCUT2D eigenvalue weighted by Gasteiger charge is 2.26. The van der Waals surface area contributed by atoms with E-state index in [1.165, 1.54) is 12.1 Å².